The Labute approximate surface area is 123 Å². The molecule has 6 heteroatoms. The van der Waals surface area contributed by atoms with Crippen LogP contribution in [0.15, 0.2) is 0 Å². The number of hydrogen-bond acceptors (Lipinski definition) is 4. The molecule has 0 aliphatic carbocycles. The van der Waals surface area contributed by atoms with Crippen molar-refractivity contribution in [2.45, 2.75) is 33.1 Å². The van der Waals surface area contributed by atoms with Gasteiger partial charge in [0.05, 0.1) is 5.75 Å². The lowest BCUT2D eigenvalue weighted by Crippen LogP contribution is -2.42. The standard InChI is InChI=1S/C14H28N2O3S/c1-12(2)14(17)15-10-13-6-4-7-16(11-13)8-5-9-20(3,18)19/h12-13H,4-11H2,1-3H3,(H,15,17). The summed E-state index contributed by atoms with van der Waals surface area (Å²) in [6.07, 6.45) is 4.25. The minimum atomic E-state index is -2.85. The van der Waals surface area contributed by atoms with E-state index in [-0.39, 0.29) is 17.6 Å². The van der Waals surface area contributed by atoms with Crippen molar-refractivity contribution in [1.29, 1.82) is 0 Å². The van der Waals surface area contributed by atoms with Gasteiger partial charge in [-0.15, -0.1) is 0 Å². The van der Waals surface area contributed by atoms with E-state index in [0.717, 1.165) is 39.0 Å². The molecule has 0 aromatic carbocycles. The predicted molar refractivity (Wildman–Crippen MR) is 81.3 cm³/mol. The predicted octanol–water partition coefficient (Wildman–Crippen LogP) is 0.905. The molecule has 20 heavy (non-hydrogen) atoms. The van der Waals surface area contributed by atoms with Crippen molar-refractivity contribution < 1.29 is 13.2 Å². The summed E-state index contributed by atoms with van der Waals surface area (Å²) in [5.74, 6) is 0.895. The number of likely N-dealkylation sites (tertiary alicyclic amines) is 1. The largest absolute Gasteiger partial charge is 0.356 e. The maximum Gasteiger partial charge on any atom is 0.222 e. The van der Waals surface area contributed by atoms with Gasteiger partial charge in [-0.2, -0.15) is 0 Å². The first-order chi connectivity index (χ1) is 9.28. The quantitative estimate of drug-likeness (QED) is 0.759. The molecule has 0 aromatic heterocycles. The summed E-state index contributed by atoms with van der Waals surface area (Å²) in [5, 5.41) is 2.99. The van der Waals surface area contributed by atoms with Crippen LogP contribution < -0.4 is 5.32 Å². The van der Waals surface area contributed by atoms with Gasteiger partial charge in [-0.1, -0.05) is 13.8 Å². The number of amides is 1. The number of hydrogen-bond donors (Lipinski definition) is 1. The summed E-state index contributed by atoms with van der Waals surface area (Å²) in [7, 11) is -2.85. The third-order valence-corrected chi connectivity index (χ3v) is 4.71. The number of sulfone groups is 1. The molecule has 1 aliphatic heterocycles. The van der Waals surface area contributed by atoms with Gasteiger partial charge in [0.2, 0.25) is 5.91 Å². The van der Waals surface area contributed by atoms with E-state index >= 15 is 0 Å². The van der Waals surface area contributed by atoms with Gasteiger partial charge in [-0.3, -0.25) is 4.79 Å². The highest BCUT2D eigenvalue weighted by Crippen LogP contribution is 2.16. The number of nitrogens with zero attached hydrogens (tertiary/aromatic N) is 1. The Morgan fingerprint density at radius 2 is 2.10 bits per heavy atom. The molecule has 1 aliphatic rings. The molecule has 1 unspecified atom stereocenters. The van der Waals surface area contributed by atoms with Gasteiger partial charge >= 0.3 is 0 Å². The molecule has 0 saturated carbocycles. The maximum atomic E-state index is 11.6. The second-order valence-electron chi connectivity index (χ2n) is 6.19. The van der Waals surface area contributed by atoms with Crippen LogP contribution in [0.1, 0.15) is 33.1 Å². The zero-order chi connectivity index (χ0) is 15.2. The van der Waals surface area contributed by atoms with E-state index in [1.165, 1.54) is 6.26 Å². The van der Waals surface area contributed by atoms with Gasteiger partial charge < -0.3 is 10.2 Å². The van der Waals surface area contributed by atoms with Crippen molar-refractivity contribution in [3.05, 3.63) is 0 Å². The van der Waals surface area contributed by atoms with Crippen molar-refractivity contribution in [1.82, 2.24) is 10.2 Å². The van der Waals surface area contributed by atoms with E-state index in [2.05, 4.69) is 10.2 Å². The molecule has 1 N–H and O–H groups in total. The number of piperidine rings is 1. The first kappa shape index (κ1) is 17.4. The molecule has 1 fully saturated rings. The van der Waals surface area contributed by atoms with Crippen LogP contribution in [0.25, 0.3) is 0 Å². The zero-order valence-corrected chi connectivity index (χ0v) is 13.7. The van der Waals surface area contributed by atoms with Gasteiger partial charge in [-0.05, 0) is 38.3 Å². The molecule has 1 heterocycles. The van der Waals surface area contributed by atoms with E-state index in [1.54, 1.807) is 0 Å². The smallest absolute Gasteiger partial charge is 0.222 e. The van der Waals surface area contributed by atoms with Crippen LogP contribution in [-0.4, -0.2) is 57.4 Å². The lowest BCUT2D eigenvalue weighted by molar-refractivity contribution is -0.124. The van der Waals surface area contributed by atoms with Crippen LogP contribution >= 0.6 is 0 Å². The summed E-state index contributed by atoms with van der Waals surface area (Å²) >= 11 is 0. The van der Waals surface area contributed by atoms with Crippen molar-refractivity contribution in [2.75, 3.05) is 38.2 Å². The van der Waals surface area contributed by atoms with Crippen molar-refractivity contribution in [3.8, 4) is 0 Å². The molecular formula is C14H28N2O3S. The summed E-state index contributed by atoms with van der Waals surface area (Å²) in [6.45, 7) is 7.36. The Hall–Kier alpha value is -0.620. The molecule has 0 radical (unpaired) electrons. The summed E-state index contributed by atoms with van der Waals surface area (Å²) in [6, 6.07) is 0. The van der Waals surface area contributed by atoms with Crippen LogP contribution in [0.5, 0.6) is 0 Å². The van der Waals surface area contributed by atoms with E-state index in [9.17, 15) is 13.2 Å². The average molecular weight is 304 g/mol. The second kappa shape index (κ2) is 7.98. The third kappa shape index (κ3) is 7.24. The molecule has 1 atom stereocenters. The Kier molecular flexibility index (Phi) is 6.95. The van der Waals surface area contributed by atoms with Crippen molar-refractivity contribution in [3.63, 3.8) is 0 Å². The van der Waals surface area contributed by atoms with E-state index < -0.39 is 9.84 Å². The Balaban J connectivity index is 2.26. The molecule has 0 aromatic rings. The lowest BCUT2D eigenvalue weighted by atomic mass is 9.97. The molecule has 5 nitrogen and oxygen atoms in total. The maximum absolute atomic E-state index is 11.6. The molecule has 1 saturated heterocycles. The minimum Gasteiger partial charge on any atom is -0.356 e. The number of rotatable bonds is 7. The Morgan fingerprint density at radius 1 is 1.40 bits per heavy atom. The van der Waals surface area contributed by atoms with Crippen LogP contribution in [-0.2, 0) is 14.6 Å². The highest BCUT2D eigenvalue weighted by atomic mass is 32.2. The third-order valence-electron chi connectivity index (χ3n) is 3.68. The first-order valence-electron chi connectivity index (χ1n) is 7.45. The van der Waals surface area contributed by atoms with Gasteiger partial charge in [0.1, 0.15) is 9.84 Å². The van der Waals surface area contributed by atoms with Crippen molar-refractivity contribution in [2.24, 2.45) is 11.8 Å². The summed E-state index contributed by atoms with van der Waals surface area (Å²) in [5.41, 5.74) is 0. The van der Waals surface area contributed by atoms with Gasteiger partial charge in [0.25, 0.3) is 0 Å². The molecular weight excluding hydrogens is 276 g/mol. The fourth-order valence-electron chi connectivity index (χ4n) is 2.52. The minimum absolute atomic E-state index is 0.0319. The van der Waals surface area contributed by atoms with Crippen LogP contribution in [0, 0.1) is 11.8 Å². The number of carbonyl (C=O) groups excluding carboxylic acids is 1. The van der Waals surface area contributed by atoms with E-state index in [1.807, 2.05) is 13.8 Å². The Bertz CT molecular complexity index is 407. The van der Waals surface area contributed by atoms with Crippen LogP contribution in [0.4, 0.5) is 0 Å². The molecule has 118 valence electrons. The number of carbonyl (C=O) groups is 1. The fraction of sp³-hybridized carbons (Fsp3) is 0.929. The van der Waals surface area contributed by atoms with Crippen LogP contribution in [0.2, 0.25) is 0 Å². The van der Waals surface area contributed by atoms with E-state index in [4.69, 9.17) is 0 Å². The van der Waals surface area contributed by atoms with Gasteiger partial charge in [0, 0.05) is 25.3 Å². The van der Waals surface area contributed by atoms with Crippen LogP contribution in [0.3, 0.4) is 0 Å². The molecule has 1 amide bonds. The second-order valence-corrected chi connectivity index (χ2v) is 8.45. The monoisotopic (exact) mass is 304 g/mol. The van der Waals surface area contributed by atoms with Gasteiger partial charge in [0.15, 0.2) is 0 Å². The average Bonchev–Trinajstić information content (AvgIpc) is 2.34. The first-order valence-corrected chi connectivity index (χ1v) is 9.52. The Morgan fingerprint density at radius 3 is 2.70 bits per heavy atom. The van der Waals surface area contributed by atoms with E-state index in [0.29, 0.717) is 12.3 Å². The normalized spacial score (nSPS) is 21.1. The van der Waals surface area contributed by atoms with Crippen molar-refractivity contribution >= 4 is 15.7 Å². The zero-order valence-electron chi connectivity index (χ0n) is 12.9. The van der Waals surface area contributed by atoms with Gasteiger partial charge in [-0.25, -0.2) is 8.42 Å². The molecule has 0 bridgehead atoms. The summed E-state index contributed by atoms with van der Waals surface area (Å²) < 4.78 is 22.2. The molecule has 0 spiro atoms. The topological polar surface area (TPSA) is 66.5 Å². The highest BCUT2D eigenvalue weighted by molar-refractivity contribution is 7.90. The summed E-state index contributed by atoms with van der Waals surface area (Å²) in [4.78, 5) is 13.9. The SMILES string of the molecule is CC(C)C(=O)NCC1CCCN(CCCS(C)(=O)=O)C1. The molecule has 1 rings (SSSR count). The lowest BCUT2D eigenvalue weighted by Gasteiger charge is -2.32. The fourth-order valence-corrected chi connectivity index (χ4v) is 3.17. The highest BCUT2D eigenvalue weighted by Gasteiger charge is 2.20. The number of nitrogens with one attached hydrogen (secondary N) is 1.